The van der Waals surface area contributed by atoms with E-state index < -0.39 is 0 Å². The lowest BCUT2D eigenvalue weighted by molar-refractivity contribution is -0.930. The van der Waals surface area contributed by atoms with Gasteiger partial charge in [0.2, 0.25) is 0 Å². The SMILES string of the molecule is CC[N+]1(CCOC(=O)c2ccc(OC)cc2)CCCCC1.[I-]. The minimum atomic E-state index is -0.246. The third kappa shape index (κ3) is 5.12. The van der Waals surface area contributed by atoms with Crippen LogP contribution in [0.1, 0.15) is 36.5 Å². The van der Waals surface area contributed by atoms with Crippen molar-refractivity contribution in [3.63, 3.8) is 0 Å². The van der Waals surface area contributed by atoms with Crippen molar-refractivity contribution in [2.75, 3.05) is 39.9 Å². The molecule has 0 radical (unpaired) electrons. The molecule has 0 aromatic heterocycles. The van der Waals surface area contributed by atoms with E-state index in [-0.39, 0.29) is 29.9 Å². The van der Waals surface area contributed by atoms with E-state index >= 15 is 0 Å². The first-order valence-corrected chi connectivity index (χ1v) is 7.85. The van der Waals surface area contributed by atoms with Crippen LogP contribution in [-0.2, 0) is 4.74 Å². The third-order valence-corrected chi connectivity index (χ3v) is 4.56. The number of benzene rings is 1. The monoisotopic (exact) mass is 419 g/mol. The Bertz CT molecular complexity index is 455. The molecule has 0 N–H and O–H groups in total. The van der Waals surface area contributed by atoms with Crippen LogP contribution in [0.4, 0.5) is 0 Å². The number of piperidine rings is 1. The molecule has 5 heteroatoms. The van der Waals surface area contributed by atoms with Crippen molar-refractivity contribution in [1.29, 1.82) is 0 Å². The second kappa shape index (κ2) is 9.35. The summed E-state index contributed by atoms with van der Waals surface area (Å²) in [6.45, 7) is 7.22. The number of halogens is 1. The minimum Gasteiger partial charge on any atom is -1.00 e. The molecular formula is C17H26INO3. The summed E-state index contributed by atoms with van der Waals surface area (Å²) in [7, 11) is 1.61. The second-order valence-corrected chi connectivity index (χ2v) is 5.75. The van der Waals surface area contributed by atoms with Crippen molar-refractivity contribution in [1.82, 2.24) is 0 Å². The predicted octanol–water partition coefficient (Wildman–Crippen LogP) is -0.123. The standard InChI is InChI=1S/C17H26NO3.HI/c1-3-18(11-5-4-6-12-18)13-14-21-17(19)15-7-9-16(20-2)10-8-15;/h7-10H,3-6,11-14H2,1-2H3;1H/q+1;/p-1. The molecule has 1 fully saturated rings. The number of likely N-dealkylation sites (tertiary alicyclic amines) is 1. The number of rotatable bonds is 6. The Morgan fingerprint density at radius 1 is 1.14 bits per heavy atom. The highest BCUT2D eigenvalue weighted by Crippen LogP contribution is 2.18. The number of esters is 1. The van der Waals surface area contributed by atoms with Crippen LogP contribution < -0.4 is 28.7 Å². The largest absolute Gasteiger partial charge is 1.00 e. The van der Waals surface area contributed by atoms with E-state index in [1.807, 2.05) is 0 Å². The van der Waals surface area contributed by atoms with Crippen LogP contribution in [0.3, 0.4) is 0 Å². The fraction of sp³-hybridized carbons (Fsp3) is 0.588. The molecule has 0 unspecified atom stereocenters. The number of hydrogen-bond acceptors (Lipinski definition) is 3. The summed E-state index contributed by atoms with van der Waals surface area (Å²) >= 11 is 0. The molecule has 1 aliphatic heterocycles. The number of ether oxygens (including phenoxy) is 2. The van der Waals surface area contributed by atoms with Crippen LogP contribution in [0.15, 0.2) is 24.3 Å². The number of nitrogens with zero attached hydrogens (tertiary/aromatic N) is 1. The Hall–Kier alpha value is -0.820. The number of likely N-dealkylation sites (N-methyl/N-ethyl adjacent to an activating group) is 1. The number of methoxy groups -OCH3 is 1. The van der Waals surface area contributed by atoms with Crippen LogP contribution in [0, 0.1) is 0 Å². The summed E-state index contributed by atoms with van der Waals surface area (Å²) < 4.78 is 11.6. The zero-order valence-electron chi connectivity index (χ0n) is 13.5. The summed E-state index contributed by atoms with van der Waals surface area (Å²) in [5.74, 6) is 0.499. The number of hydrogen-bond donors (Lipinski definition) is 0. The minimum absolute atomic E-state index is 0. The second-order valence-electron chi connectivity index (χ2n) is 5.75. The summed E-state index contributed by atoms with van der Waals surface area (Å²) in [6, 6.07) is 7.04. The lowest BCUT2D eigenvalue weighted by Crippen LogP contribution is -3.00. The molecule has 0 saturated carbocycles. The number of carbonyl (C=O) groups excluding carboxylic acids is 1. The van der Waals surface area contributed by atoms with Gasteiger partial charge in [0.1, 0.15) is 18.9 Å². The van der Waals surface area contributed by atoms with Gasteiger partial charge in [-0.15, -0.1) is 0 Å². The van der Waals surface area contributed by atoms with Crippen molar-refractivity contribution < 1.29 is 42.7 Å². The molecule has 0 atom stereocenters. The maximum Gasteiger partial charge on any atom is 0.338 e. The molecule has 0 amide bonds. The van der Waals surface area contributed by atoms with E-state index in [1.165, 1.54) is 32.4 Å². The Labute approximate surface area is 150 Å². The summed E-state index contributed by atoms with van der Waals surface area (Å²) in [5.41, 5.74) is 0.581. The lowest BCUT2D eigenvalue weighted by Gasteiger charge is -2.40. The fourth-order valence-corrected chi connectivity index (χ4v) is 3.02. The Kier molecular flexibility index (Phi) is 8.17. The van der Waals surface area contributed by atoms with E-state index in [9.17, 15) is 4.79 Å². The van der Waals surface area contributed by atoms with Crippen molar-refractivity contribution in [3.8, 4) is 5.75 Å². The van der Waals surface area contributed by atoms with Gasteiger partial charge in [-0.3, -0.25) is 0 Å². The van der Waals surface area contributed by atoms with Crippen LogP contribution in [0.2, 0.25) is 0 Å². The average Bonchev–Trinajstić information content (AvgIpc) is 2.55. The molecule has 2 rings (SSSR count). The van der Waals surface area contributed by atoms with Crippen LogP contribution >= 0.6 is 0 Å². The van der Waals surface area contributed by atoms with Gasteiger partial charge in [0, 0.05) is 0 Å². The molecule has 1 aliphatic rings. The normalized spacial score (nSPS) is 16.5. The first-order chi connectivity index (χ1) is 10.2. The molecule has 1 aromatic carbocycles. The van der Waals surface area contributed by atoms with Crippen LogP contribution in [0.25, 0.3) is 0 Å². The van der Waals surface area contributed by atoms with E-state index in [2.05, 4.69) is 6.92 Å². The van der Waals surface area contributed by atoms with Gasteiger partial charge >= 0.3 is 5.97 Å². The Balaban J connectivity index is 0.00000242. The van der Waals surface area contributed by atoms with Crippen molar-refractivity contribution in [2.24, 2.45) is 0 Å². The maximum atomic E-state index is 12.0. The van der Waals surface area contributed by atoms with Gasteiger partial charge in [-0.1, -0.05) is 0 Å². The van der Waals surface area contributed by atoms with E-state index in [4.69, 9.17) is 9.47 Å². The van der Waals surface area contributed by atoms with Gasteiger partial charge < -0.3 is 37.9 Å². The van der Waals surface area contributed by atoms with Crippen LogP contribution in [-0.4, -0.2) is 50.3 Å². The predicted molar refractivity (Wildman–Crippen MR) is 82.5 cm³/mol. The van der Waals surface area contributed by atoms with Gasteiger partial charge in [-0.05, 0) is 50.5 Å². The lowest BCUT2D eigenvalue weighted by atomic mass is 10.1. The molecule has 4 nitrogen and oxygen atoms in total. The molecule has 1 heterocycles. The van der Waals surface area contributed by atoms with Gasteiger partial charge in [0.25, 0.3) is 0 Å². The molecule has 0 bridgehead atoms. The van der Waals surface area contributed by atoms with Gasteiger partial charge in [0.15, 0.2) is 0 Å². The highest BCUT2D eigenvalue weighted by atomic mass is 127. The van der Waals surface area contributed by atoms with E-state index in [1.54, 1.807) is 31.4 Å². The van der Waals surface area contributed by atoms with Gasteiger partial charge in [-0.25, -0.2) is 4.79 Å². The topological polar surface area (TPSA) is 35.5 Å². The smallest absolute Gasteiger partial charge is 0.338 e. The van der Waals surface area contributed by atoms with Gasteiger partial charge in [0.05, 0.1) is 32.3 Å². The molecule has 0 spiro atoms. The molecule has 1 aromatic rings. The highest BCUT2D eigenvalue weighted by molar-refractivity contribution is 5.89. The number of carbonyl (C=O) groups is 1. The van der Waals surface area contributed by atoms with E-state index in [0.717, 1.165) is 23.3 Å². The van der Waals surface area contributed by atoms with Crippen molar-refractivity contribution >= 4 is 5.97 Å². The fourth-order valence-electron chi connectivity index (χ4n) is 3.02. The molecule has 22 heavy (non-hydrogen) atoms. The number of quaternary nitrogens is 1. The zero-order chi connectivity index (χ0) is 15.1. The average molecular weight is 419 g/mol. The third-order valence-electron chi connectivity index (χ3n) is 4.56. The van der Waals surface area contributed by atoms with Crippen molar-refractivity contribution in [3.05, 3.63) is 29.8 Å². The first kappa shape index (κ1) is 19.2. The zero-order valence-corrected chi connectivity index (χ0v) is 15.7. The van der Waals surface area contributed by atoms with Crippen LogP contribution in [0.5, 0.6) is 5.75 Å². The molecular weight excluding hydrogens is 393 g/mol. The molecule has 124 valence electrons. The maximum absolute atomic E-state index is 12.0. The summed E-state index contributed by atoms with van der Waals surface area (Å²) in [5, 5.41) is 0. The highest BCUT2D eigenvalue weighted by Gasteiger charge is 2.27. The summed E-state index contributed by atoms with van der Waals surface area (Å²) in [4.78, 5) is 12.0. The summed E-state index contributed by atoms with van der Waals surface area (Å²) in [6.07, 6.45) is 3.92. The Morgan fingerprint density at radius 3 is 2.32 bits per heavy atom. The Morgan fingerprint density at radius 2 is 1.77 bits per heavy atom. The van der Waals surface area contributed by atoms with Gasteiger partial charge in [-0.2, -0.15) is 0 Å². The van der Waals surface area contributed by atoms with E-state index in [0.29, 0.717) is 12.2 Å². The van der Waals surface area contributed by atoms with Crippen molar-refractivity contribution in [2.45, 2.75) is 26.2 Å². The first-order valence-electron chi connectivity index (χ1n) is 7.85. The quantitative estimate of drug-likeness (QED) is 0.367. The molecule has 0 aliphatic carbocycles. The molecule has 1 saturated heterocycles.